The van der Waals surface area contributed by atoms with Crippen molar-refractivity contribution in [3.63, 3.8) is 0 Å². The molecule has 1 saturated carbocycles. The molecule has 2 atom stereocenters. The Labute approximate surface area is 177 Å². The maximum absolute atomic E-state index is 12.4. The Morgan fingerprint density at radius 2 is 1.97 bits per heavy atom. The fraction of sp³-hybridized carbons (Fsp3) is 0.591. The van der Waals surface area contributed by atoms with Crippen LogP contribution in [0.4, 0.5) is 0 Å². The number of aromatic nitrogens is 3. The topological polar surface area (TPSA) is 69.0 Å². The number of carbonyl (C=O) groups is 1. The van der Waals surface area contributed by atoms with Gasteiger partial charge in [0.1, 0.15) is 12.4 Å². The molecule has 1 aliphatic carbocycles. The second kappa shape index (κ2) is 10.1. The SMILES string of the molecule is CCn1c(COc2c(C)cccc2C)nnc1SCC(=O)N[C@@H]1CCCC[C@H]1C. The zero-order valence-electron chi connectivity index (χ0n) is 17.9. The molecule has 0 radical (unpaired) electrons. The monoisotopic (exact) mass is 416 g/mol. The standard InChI is InChI=1S/C22H32N4O2S/c1-5-26-19(13-28-21-16(3)10-8-11-17(21)4)24-25-22(26)29-14-20(27)23-18-12-7-6-9-15(18)2/h8,10-11,15,18H,5-7,9,12-14H2,1-4H3,(H,23,27)/t15-,18-/m1/s1. The molecule has 29 heavy (non-hydrogen) atoms. The summed E-state index contributed by atoms with van der Waals surface area (Å²) in [5.74, 6) is 2.67. The van der Waals surface area contributed by atoms with E-state index >= 15 is 0 Å². The summed E-state index contributed by atoms with van der Waals surface area (Å²) in [5.41, 5.74) is 2.21. The lowest BCUT2D eigenvalue weighted by Crippen LogP contribution is -2.41. The van der Waals surface area contributed by atoms with E-state index in [1.54, 1.807) is 0 Å². The zero-order chi connectivity index (χ0) is 20.8. The Morgan fingerprint density at radius 3 is 2.66 bits per heavy atom. The van der Waals surface area contributed by atoms with Gasteiger partial charge in [-0.05, 0) is 50.7 Å². The van der Waals surface area contributed by atoms with Crippen molar-refractivity contribution in [3.05, 3.63) is 35.2 Å². The minimum atomic E-state index is 0.0766. The van der Waals surface area contributed by atoms with Gasteiger partial charge in [0.05, 0.1) is 5.75 Å². The summed E-state index contributed by atoms with van der Waals surface area (Å²) >= 11 is 1.44. The van der Waals surface area contributed by atoms with E-state index in [0.29, 0.717) is 24.3 Å². The number of para-hydroxylation sites is 1. The first-order chi connectivity index (χ1) is 14.0. The lowest BCUT2D eigenvalue weighted by atomic mass is 9.86. The van der Waals surface area contributed by atoms with Gasteiger partial charge >= 0.3 is 0 Å². The van der Waals surface area contributed by atoms with Gasteiger partial charge in [0.25, 0.3) is 0 Å². The number of rotatable bonds is 8. The Bertz CT molecular complexity index is 816. The fourth-order valence-electron chi connectivity index (χ4n) is 3.92. The van der Waals surface area contributed by atoms with E-state index in [-0.39, 0.29) is 5.91 Å². The highest BCUT2D eigenvalue weighted by atomic mass is 32.2. The Morgan fingerprint density at radius 1 is 1.24 bits per heavy atom. The number of nitrogens with zero attached hydrogens (tertiary/aromatic N) is 3. The van der Waals surface area contributed by atoms with E-state index in [1.807, 2.05) is 36.6 Å². The highest BCUT2D eigenvalue weighted by Gasteiger charge is 2.23. The molecule has 1 aromatic carbocycles. The molecule has 7 heteroatoms. The van der Waals surface area contributed by atoms with Crippen molar-refractivity contribution < 1.29 is 9.53 Å². The van der Waals surface area contributed by atoms with E-state index in [1.165, 1.54) is 31.0 Å². The number of benzene rings is 1. The normalized spacial score (nSPS) is 19.2. The van der Waals surface area contributed by atoms with E-state index < -0.39 is 0 Å². The predicted octanol–water partition coefficient (Wildman–Crippen LogP) is 4.28. The van der Waals surface area contributed by atoms with Crippen molar-refractivity contribution in [2.75, 3.05) is 5.75 Å². The fourth-order valence-corrected chi connectivity index (χ4v) is 4.76. The van der Waals surface area contributed by atoms with Gasteiger partial charge in [0.15, 0.2) is 11.0 Å². The van der Waals surface area contributed by atoms with Crippen LogP contribution in [0.15, 0.2) is 23.4 Å². The Kier molecular flexibility index (Phi) is 7.58. The van der Waals surface area contributed by atoms with Crippen molar-refractivity contribution in [1.82, 2.24) is 20.1 Å². The maximum atomic E-state index is 12.4. The summed E-state index contributed by atoms with van der Waals surface area (Å²) in [5, 5.41) is 12.6. The maximum Gasteiger partial charge on any atom is 0.230 e. The molecule has 0 unspecified atom stereocenters. The number of hydrogen-bond acceptors (Lipinski definition) is 5. The first-order valence-electron chi connectivity index (χ1n) is 10.5. The molecule has 3 rings (SSSR count). The summed E-state index contributed by atoms with van der Waals surface area (Å²) in [6.07, 6.45) is 4.76. The van der Waals surface area contributed by atoms with Crippen molar-refractivity contribution in [2.45, 2.75) is 77.7 Å². The highest BCUT2D eigenvalue weighted by molar-refractivity contribution is 7.99. The lowest BCUT2D eigenvalue weighted by Gasteiger charge is -2.29. The van der Waals surface area contributed by atoms with Crippen LogP contribution in [-0.2, 0) is 17.9 Å². The highest BCUT2D eigenvalue weighted by Crippen LogP contribution is 2.25. The van der Waals surface area contributed by atoms with Crippen LogP contribution in [0.1, 0.15) is 56.5 Å². The summed E-state index contributed by atoms with van der Waals surface area (Å²) in [6, 6.07) is 6.42. The number of aryl methyl sites for hydroxylation is 2. The van der Waals surface area contributed by atoms with Gasteiger partial charge < -0.3 is 14.6 Å². The summed E-state index contributed by atoms with van der Waals surface area (Å²) in [7, 11) is 0. The van der Waals surface area contributed by atoms with Crippen molar-refractivity contribution in [3.8, 4) is 5.75 Å². The number of thioether (sulfide) groups is 1. The average Bonchev–Trinajstić information content (AvgIpc) is 3.09. The largest absolute Gasteiger partial charge is 0.485 e. The molecule has 1 fully saturated rings. The molecule has 1 N–H and O–H groups in total. The van der Waals surface area contributed by atoms with Gasteiger partial charge in [0, 0.05) is 12.6 Å². The summed E-state index contributed by atoms with van der Waals surface area (Å²) in [4.78, 5) is 12.4. The molecule has 158 valence electrons. The number of hydrogen-bond donors (Lipinski definition) is 1. The molecule has 0 bridgehead atoms. The van der Waals surface area contributed by atoms with Gasteiger partial charge in [-0.25, -0.2) is 0 Å². The van der Waals surface area contributed by atoms with E-state index in [2.05, 4.69) is 29.4 Å². The lowest BCUT2D eigenvalue weighted by molar-refractivity contribution is -0.119. The third kappa shape index (κ3) is 5.53. The van der Waals surface area contributed by atoms with E-state index in [9.17, 15) is 4.79 Å². The van der Waals surface area contributed by atoms with Crippen LogP contribution >= 0.6 is 11.8 Å². The van der Waals surface area contributed by atoms with Gasteiger partial charge in [-0.1, -0.05) is 49.7 Å². The zero-order valence-corrected chi connectivity index (χ0v) is 18.7. The van der Waals surface area contributed by atoms with Crippen LogP contribution in [0.25, 0.3) is 0 Å². The molecule has 0 saturated heterocycles. The molecule has 1 heterocycles. The molecule has 2 aromatic rings. The second-order valence-corrected chi connectivity index (χ2v) is 8.82. The van der Waals surface area contributed by atoms with Gasteiger partial charge in [-0.2, -0.15) is 0 Å². The quantitative estimate of drug-likeness (QED) is 0.651. The third-order valence-electron chi connectivity index (χ3n) is 5.65. The van der Waals surface area contributed by atoms with Crippen LogP contribution in [-0.4, -0.2) is 32.5 Å². The summed E-state index contributed by atoms with van der Waals surface area (Å²) in [6.45, 7) is 9.47. The van der Waals surface area contributed by atoms with E-state index in [4.69, 9.17) is 4.74 Å². The summed E-state index contributed by atoms with van der Waals surface area (Å²) < 4.78 is 8.06. The molecule has 1 aromatic heterocycles. The number of nitrogens with one attached hydrogen (secondary N) is 1. The number of amides is 1. The molecular weight excluding hydrogens is 384 g/mol. The number of ether oxygens (including phenoxy) is 1. The first kappa shape index (κ1) is 21.7. The molecule has 1 amide bonds. The van der Waals surface area contributed by atoms with Crippen molar-refractivity contribution >= 4 is 17.7 Å². The van der Waals surface area contributed by atoms with E-state index in [0.717, 1.165) is 40.8 Å². The second-order valence-electron chi connectivity index (χ2n) is 7.88. The molecule has 1 aliphatic rings. The minimum absolute atomic E-state index is 0.0766. The van der Waals surface area contributed by atoms with Gasteiger partial charge in [-0.15, -0.1) is 10.2 Å². The van der Waals surface area contributed by atoms with Crippen LogP contribution in [0.5, 0.6) is 5.75 Å². The Hall–Kier alpha value is -2.02. The predicted molar refractivity (Wildman–Crippen MR) is 116 cm³/mol. The van der Waals surface area contributed by atoms with Crippen LogP contribution < -0.4 is 10.1 Å². The van der Waals surface area contributed by atoms with Crippen LogP contribution in [0.2, 0.25) is 0 Å². The first-order valence-corrected chi connectivity index (χ1v) is 11.5. The van der Waals surface area contributed by atoms with Crippen molar-refractivity contribution in [2.24, 2.45) is 5.92 Å². The van der Waals surface area contributed by atoms with Crippen LogP contribution in [0, 0.1) is 19.8 Å². The molecule has 6 nitrogen and oxygen atoms in total. The molecular formula is C22H32N4O2S. The Balaban J connectivity index is 1.57. The average molecular weight is 417 g/mol. The molecule has 0 spiro atoms. The smallest absolute Gasteiger partial charge is 0.230 e. The van der Waals surface area contributed by atoms with Gasteiger partial charge in [-0.3, -0.25) is 4.79 Å². The molecule has 0 aliphatic heterocycles. The van der Waals surface area contributed by atoms with Crippen molar-refractivity contribution in [1.29, 1.82) is 0 Å². The minimum Gasteiger partial charge on any atom is -0.485 e. The number of carbonyl (C=O) groups excluding carboxylic acids is 1. The van der Waals surface area contributed by atoms with Gasteiger partial charge in [0.2, 0.25) is 5.91 Å². The van der Waals surface area contributed by atoms with Crippen LogP contribution in [0.3, 0.4) is 0 Å². The third-order valence-corrected chi connectivity index (χ3v) is 6.62.